The summed E-state index contributed by atoms with van der Waals surface area (Å²) in [7, 11) is -3.46. The van der Waals surface area contributed by atoms with Crippen LogP contribution in [0, 0.1) is 19.8 Å². The van der Waals surface area contributed by atoms with Crippen LogP contribution >= 0.6 is 11.3 Å². The first-order valence-electron chi connectivity index (χ1n) is 6.09. The molecule has 6 heteroatoms. The molecule has 1 aromatic heterocycles. The zero-order chi connectivity index (χ0) is 13.6. The van der Waals surface area contributed by atoms with Gasteiger partial charge in [-0.05, 0) is 51.2 Å². The fraction of sp³-hybridized carbons (Fsp3) is 0.667. The predicted molar refractivity (Wildman–Crippen MR) is 74.3 cm³/mol. The number of hydrogen-bond donors (Lipinski definition) is 2. The first-order chi connectivity index (χ1) is 8.28. The van der Waals surface area contributed by atoms with Crippen molar-refractivity contribution in [3.05, 3.63) is 16.5 Å². The molecule has 1 heterocycles. The van der Waals surface area contributed by atoms with E-state index in [1.54, 1.807) is 0 Å². The van der Waals surface area contributed by atoms with E-state index in [0.29, 0.717) is 16.7 Å². The number of aryl methyl sites for hydroxylation is 2. The number of sulfonamides is 1. The van der Waals surface area contributed by atoms with E-state index in [1.165, 1.54) is 11.3 Å². The summed E-state index contributed by atoms with van der Waals surface area (Å²) in [6, 6.07) is 1.90. The molecule has 4 nitrogen and oxygen atoms in total. The molecule has 0 bridgehead atoms. The van der Waals surface area contributed by atoms with E-state index in [1.807, 2.05) is 26.8 Å². The van der Waals surface area contributed by atoms with E-state index in [4.69, 9.17) is 5.73 Å². The Kier molecular flexibility index (Phi) is 3.57. The standard InChI is InChI=1S/C12H20N2O2S2/c1-8-6-9(2)17-11(8)18(15,16)14-12(3,7-13)10-4-5-10/h6,10,14H,4-5,7,13H2,1-3H3. The fourth-order valence-electron chi connectivity index (χ4n) is 2.25. The van der Waals surface area contributed by atoms with Crippen LogP contribution in [0.5, 0.6) is 0 Å². The maximum atomic E-state index is 12.4. The van der Waals surface area contributed by atoms with Gasteiger partial charge in [-0.1, -0.05) is 0 Å². The van der Waals surface area contributed by atoms with Gasteiger partial charge in [0.2, 0.25) is 0 Å². The van der Waals surface area contributed by atoms with E-state index < -0.39 is 15.6 Å². The highest BCUT2D eigenvalue weighted by Gasteiger charge is 2.43. The van der Waals surface area contributed by atoms with Gasteiger partial charge in [-0.25, -0.2) is 13.1 Å². The Balaban J connectivity index is 2.29. The van der Waals surface area contributed by atoms with Crippen LogP contribution in [0.1, 0.15) is 30.2 Å². The molecular formula is C12H20N2O2S2. The van der Waals surface area contributed by atoms with Crippen LogP contribution in [0.25, 0.3) is 0 Å². The van der Waals surface area contributed by atoms with Gasteiger partial charge in [0.05, 0.1) is 0 Å². The van der Waals surface area contributed by atoms with E-state index in [2.05, 4.69) is 4.72 Å². The average Bonchev–Trinajstić information content (AvgIpc) is 3.04. The molecule has 0 amide bonds. The van der Waals surface area contributed by atoms with Crippen LogP contribution in [0.4, 0.5) is 0 Å². The highest BCUT2D eigenvalue weighted by molar-refractivity contribution is 7.91. The topological polar surface area (TPSA) is 72.2 Å². The van der Waals surface area contributed by atoms with Crippen molar-refractivity contribution in [3.8, 4) is 0 Å². The molecule has 0 radical (unpaired) electrons. The third kappa shape index (κ3) is 2.61. The minimum absolute atomic E-state index is 0.334. The Hall–Kier alpha value is -0.430. The van der Waals surface area contributed by atoms with Crippen molar-refractivity contribution >= 4 is 21.4 Å². The third-order valence-electron chi connectivity index (χ3n) is 3.51. The van der Waals surface area contributed by atoms with Gasteiger partial charge >= 0.3 is 0 Å². The number of hydrogen-bond acceptors (Lipinski definition) is 4. The molecule has 0 aromatic carbocycles. The van der Waals surface area contributed by atoms with Crippen molar-refractivity contribution in [3.63, 3.8) is 0 Å². The summed E-state index contributed by atoms with van der Waals surface area (Å²) in [6.07, 6.45) is 2.11. The van der Waals surface area contributed by atoms with Crippen molar-refractivity contribution in [1.29, 1.82) is 0 Å². The highest BCUT2D eigenvalue weighted by Crippen LogP contribution is 2.40. The van der Waals surface area contributed by atoms with Gasteiger partial charge < -0.3 is 5.73 Å². The second-order valence-corrected chi connectivity index (χ2v) is 8.46. The summed E-state index contributed by atoms with van der Waals surface area (Å²) in [5, 5.41) is 0. The Morgan fingerprint density at radius 2 is 2.11 bits per heavy atom. The first kappa shape index (κ1) is 14.0. The fourth-order valence-corrected chi connectivity index (χ4v) is 5.40. The molecule has 18 heavy (non-hydrogen) atoms. The van der Waals surface area contributed by atoms with E-state index >= 15 is 0 Å². The number of nitrogens with two attached hydrogens (primary N) is 1. The SMILES string of the molecule is Cc1cc(C)c(S(=O)(=O)NC(C)(CN)C2CC2)s1. The minimum Gasteiger partial charge on any atom is -0.329 e. The molecule has 1 atom stereocenters. The molecule has 2 rings (SSSR count). The molecular weight excluding hydrogens is 268 g/mol. The lowest BCUT2D eigenvalue weighted by Crippen LogP contribution is -2.52. The zero-order valence-electron chi connectivity index (χ0n) is 11.0. The Labute approximate surface area is 113 Å². The van der Waals surface area contributed by atoms with E-state index in [-0.39, 0.29) is 0 Å². The summed E-state index contributed by atoms with van der Waals surface area (Å²) in [5.41, 5.74) is 6.05. The summed E-state index contributed by atoms with van der Waals surface area (Å²) in [4.78, 5) is 1.01. The summed E-state index contributed by atoms with van der Waals surface area (Å²) in [5.74, 6) is 0.374. The van der Waals surface area contributed by atoms with Gasteiger partial charge in [-0.3, -0.25) is 0 Å². The van der Waals surface area contributed by atoms with Crippen molar-refractivity contribution in [1.82, 2.24) is 4.72 Å². The van der Waals surface area contributed by atoms with Crippen molar-refractivity contribution < 1.29 is 8.42 Å². The quantitative estimate of drug-likeness (QED) is 0.867. The minimum atomic E-state index is -3.46. The van der Waals surface area contributed by atoms with Gasteiger partial charge in [-0.15, -0.1) is 11.3 Å². The van der Waals surface area contributed by atoms with Gasteiger partial charge in [0.1, 0.15) is 4.21 Å². The Morgan fingerprint density at radius 1 is 1.50 bits per heavy atom. The summed E-state index contributed by atoms with van der Waals surface area (Å²) >= 11 is 1.31. The largest absolute Gasteiger partial charge is 0.329 e. The lowest BCUT2D eigenvalue weighted by atomic mass is 9.98. The van der Waals surface area contributed by atoms with E-state index in [0.717, 1.165) is 23.3 Å². The average molecular weight is 288 g/mol. The molecule has 1 saturated carbocycles. The van der Waals surface area contributed by atoms with Gasteiger partial charge in [0.15, 0.2) is 0 Å². The Morgan fingerprint density at radius 3 is 2.50 bits per heavy atom. The monoisotopic (exact) mass is 288 g/mol. The lowest BCUT2D eigenvalue weighted by Gasteiger charge is -2.28. The molecule has 1 aliphatic rings. The molecule has 0 spiro atoms. The second kappa shape index (κ2) is 4.59. The molecule has 1 unspecified atom stereocenters. The van der Waals surface area contributed by atoms with Crippen molar-refractivity contribution in [2.24, 2.45) is 11.7 Å². The second-order valence-electron chi connectivity index (χ2n) is 5.33. The van der Waals surface area contributed by atoms with Crippen LogP contribution in [-0.4, -0.2) is 20.5 Å². The third-order valence-corrected chi connectivity index (χ3v) is 6.91. The van der Waals surface area contributed by atoms with Crippen molar-refractivity contribution in [2.75, 3.05) is 6.54 Å². The maximum Gasteiger partial charge on any atom is 0.250 e. The normalized spacial score (nSPS) is 19.8. The van der Waals surface area contributed by atoms with Gasteiger partial charge in [0.25, 0.3) is 10.0 Å². The van der Waals surface area contributed by atoms with Crippen LogP contribution < -0.4 is 10.5 Å². The summed E-state index contributed by atoms with van der Waals surface area (Å²) in [6.45, 7) is 5.98. The van der Waals surface area contributed by atoms with Crippen LogP contribution in [0.15, 0.2) is 10.3 Å². The summed E-state index contributed by atoms with van der Waals surface area (Å²) < 4.78 is 28.1. The van der Waals surface area contributed by atoms with Crippen molar-refractivity contribution in [2.45, 2.75) is 43.4 Å². The first-order valence-corrected chi connectivity index (χ1v) is 8.39. The van der Waals surface area contributed by atoms with E-state index in [9.17, 15) is 8.42 Å². The Bertz CT molecular complexity index is 546. The van der Waals surface area contributed by atoms with Gasteiger partial charge in [-0.2, -0.15) is 0 Å². The molecule has 3 N–H and O–H groups in total. The number of nitrogens with one attached hydrogen (secondary N) is 1. The molecule has 1 aromatic rings. The van der Waals surface area contributed by atoms with Crippen LogP contribution in [0.3, 0.4) is 0 Å². The molecule has 1 aliphatic carbocycles. The molecule has 0 saturated heterocycles. The highest BCUT2D eigenvalue weighted by atomic mass is 32.2. The maximum absolute atomic E-state index is 12.4. The van der Waals surface area contributed by atoms with Gasteiger partial charge in [0, 0.05) is 17.0 Å². The van der Waals surface area contributed by atoms with Crippen LogP contribution in [-0.2, 0) is 10.0 Å². The number of rotatable bonds is 5. The predicted octanol–water partition coefficient (Wildman–Crippen LogP) is 1.77. The molecule has 0 aliphatic heterocycles. The lowest BCUT2D eigenvalue weighted by molar-refractivity contribution is 0.374. The molecule has 1 fully saturated rings. The zero-order valence-corrected chi connectivity index (χ0v) is 12.6. The van der Waals surface area contributed by atoms with Crippen LogP contribution in [0.2, 0.25) is 0 Å². The number of thiophene rings is 1. The smallest absolute Gasteiger partial charge is 0.250 e. The molecule has 102 valence electrons.